The lowest BCUT2D eigenvalue weighted by Crippen LogP contribution is -2.27. The van der Waals surface area contributed by atoms with Crippen molar-refractivity contribution in [3.05, 3.63) is 46.4 Å². The molecule has 1 unspecified atom stereocenters. The van der Waals surface area contributed by atoms with Crippen LogP contribution in [0.2, 0.25) is 0 Å². The molecule has 0 aliphatic rings. The summed E-state index contributed by atoms with van der Waals surface area (Å²) in [6.07, 6.45) is 2.14. The van der Waals surface area contributed by atoms with Gasteiger partial charge in [0.15, 0.2) is 0 Å². The first-order valence-electron chi connectivity index (χ1n) is 7.57. The highest BCUT2D eigenvalue weighted by Crippen LogP contribution is 2.14. The van der Waals surface area contributed by atoms with Gasteiger partial charge in [-0.1, -0.05) is 19.1 Å². The van der Waals surface area contributed by atoms with Crippen LogP contribution < -0.4 is 10.9 Å². The fourth-order valence-electron chi connectivity index (χ4n) is 2.49. The molecular weight excluding hydrogens is 296 g/mol. The van der Waals surface area contributed by atoms with Gasteiger partial charge in [0.25, 0.3) is 11.5 Å². The lowest BCUT2D eigenvalue weighted by molar-refractivity contribution is 0.0943. The highest BCUT2D eigenvalue weighted by molar-refractivity contribution is 6.00. The van der Waals surface area contributed by atoms with Crippen LogP contribution in [0.3, 0.4) is 0 Å². The number of benzene rings is 1. The first-order valence-corrected chi connectivity index (χ1v) is 7.57. The maximum Gasteiger partial charge on any atom is 0.259 e. The van der Waals surface area contributed by atoms with Crippen LogP contribution in [-0.2, 0) is 0 Å². The third-order valence-corrected chi connectivity index (χ3v) is 3.86. The molecule has 1 aromatic carbocycles. The number of rotatable bonds is 5. The van der Waals surface area contributed by atoms with Crippen molar-refractivity contribution in [1.29, 1.82) is 0 Å². The Morgan fingerprint density at radius 1 is 1.43 bits per heavy atom. The molecule has 3 N–H and O–H groups in total. The zero-order valence-electron chi connectivity index (χ0n) is 12.7. The number of aliphatic hydroxyl groups excluding tert-OH is 1. The summed E-state index contributed by atoms with van der Waals surface area (Å²) >= 11 is 0. The third kappa shape index (κ3) is 2.83. The van der Waals surface area contributed by atoms with Crippen molar-refractivity contribution in [3.63, 3.8) is 0 Å². The Kier molecular flexibility index (Phi) is 4.12. The number of nitrogens with zero attached hydrogens (tertiary/aromatic N) is 2. The van der Waals surface area contributed by atoms with Crippen molar-refractivity contribution in [2.24, 2.45) is 0 Å². The Labute approximate surface area is 131 Å². The van der Waals surface area contributed by atoms with Gasteiger partial charge in [-0.15, -0.1) is 0 Å². The Morgan fingerprint density at radius 3 is 3.00 bits per heavy atom. The Morgan fingerprint density at radius 2 is 2.22 bits per heavy atom. The smallest absolute Gasteiger partial charge is 0.259 e. The van der Waals surface area contributed by atoms with Crippen LogP contribution in [-0.4, -0.2) is 38.3 Å². The average Bonchev–Trinajstić information content (AvgIpc) is 2.98. The number of para-hydroxylation sites is 1. The monoisotopic (exact) mass is 314 g/mol. The van der Waals surface area contributed by atoms with Gasteiger partial charge in [0.1, 0.15) is 11.2 Å². The number of fused-ring (bicyclic) bond motifs is 3. The van der Waals surface area contributed by atoms with Crippen molar-refractivity contribution >= 4 is 22.5 Å². The topological polar surface area (TPSA) is 99.5 Å². The van der Waals surface area contributed by atoms with Crippen LogP contribution in [0.25, 0.3) is 16.6 Å². The van der Waals surface area contributed by atoms with Crippen LogP contribution in [0.1, 0.15) is 30.1 Å². The van der Waals surface area contributed by atoms with Gasteiger partial charge in [-0.05, 0) is 25.0 Å². The number of carbonyl (C=O) groups excluding carboxylic acids is 1. The van der Waals surface area contributed by atoms with E-state index in [4.69, 9.17) is 0 Å². The predicted octanol–water partition coefficient (Wildman–Crippen LogP) is 1.07. The molecule has 2 aromatic heterocycles. The molecule has 0 aliphatic heterocycles. The zero-order chi connectivity index (χ0) is 16.4. The molecule has 1 amide bonds. The van der Waals surface area contributed by atoms with Crippen LogP contribution in [0.4, 0.5) is 0 Å². The van der Waals surface area contributed by atoms with Gasteiger partial charge >= 0.3 is 0 Å². The number of hydrogen-bond donors (Lipinski definition) is 3. The number of H-pyrrole nitrogens is 1. The Hall–Kier alpha value is -2.67. The minimum Gasteiger partial charge on any atom is -0.393 e. The van der Waals surface area contributed by atoms with Crippen molar-refractivity contribution < 1.29 is 9.90 Å². The molecule has 3 aromatic rings. The molecule has 0 aliphatic carbocycles. The molecule has 120 valence electrons. The zero-order valence-corrected chi connectivity index (χ0v) is 12.7. The Balaban J connectivity index is 1.93. The van der Waals surface area contributed by atoms with Gasteiger partial charge in [-0.2, -0.15) is 5.10 Å². The number of nitrogens with one attached hydrogen (secondary N) is 2. The second-order valence-electron chi connectivity index (χ2n) is 5.40. The Bertz CT molecular complexity index is 912. The largest absolute Gasteiger partial charge is 0.393 e. The van der Waals surface area contributed by atoms with E-state index in [-0.39, 0.29) is 11.5 Å². The second-order valence-corrected chi connectivity index (χ2v) is 5.40. The first kappa shape index (κ1) is 15.2. The van der Waals surface area contributed by atoms with E-state index >= 15 is 0 Å². The molecule has 7 heteroatoms. The molecule has 0 fully saturated rings. The molecular formula is C16H18N4O3. The number of amides is 1. The lowest BCUT2D eigenvalue weighted by atomic mass is 10.2. The van der Waals surface area contributed by atoms with Crippen molar-refractivity contribution in [2.45, 2.75) is 25.9 Å². The summed E-state index contributed by atoms with van der Waals surface area (Å²) in [5.74, 6) is -0.325. The molecule has 1 atom stereocenters. The molecule has 0 spiro atoms. The highest BCUT2D eigenvalue weighted by Gasteiger charge is 2.16. The van der Waals surface area contributed by atoms with E-state index in [0.717, 1.165) is 0 Å². The van der Waals surface area contributed by atoms with Crippen LogP contribution >= 0.6 is 0 Å². The van der Waals surface area contributed by atoms with E-state index in [2.05, 4.69) is 15.4 Å². The van der Waals surface area contributed by atoms with Gasteiger partial charge in [0, 0.05) is 6.54 Å². The fourth-order valence-corrected chi connectivity index (χ4v) is 2.49. The van der Waals surface area contributed by atoms with Crippen LogP contribution in [0, 0.1) is 0 Å². The SMILES string of the molecule is CCC(O)CCNC(=O)c1cnn2c1[nH]c(=O)c1ccccc12. The number of aromatic amines is 1. The van der Waals surface area contributed by atoms with E-state index in [0.29, 0.717) is 41.5 Å². The minimum absolute atomic E-state index is 0.260. The number of aromatic nitrogens is 3. The van der Waals surface area contributed by atoms with Crippen molar-refractivity contribution in [2.75, 3.05) is 6.54 Å². The summed E-state index contributed by atoms with van der Waals surface area (Å²) in [6.45, 7) is 2.25. The standard InChI is InChI=1S/C16H18N4O3/c1-2-10(21)7-8-17-15(22)12-9-18-20-13-6-4-3-5-11(13)16(23)19-14(12)20/h3-6,9-10,21H,2,7-8H2,1H3,(H,17,22)(H,19,23). The molecule has 0 radical (unpaired) electrons. The second kappa shape index (κ2) is 6.21. The summed E-state index contributed by atoms with van der Waals surface area (Å²) in [7, 11) is 0. The van der Waals surface area contributed by atoms with E-state index in [1.807, 2.05) is 13.0 Å². The van der Waals surface area contributed by atoms with Gasteiger partial charge in [-0.3, -0.25) is 9.59 Å². The van der Waals surface area contributed by atoms with E-state index in [1.165, 1.54) is 6.20 Å². The predicted molar refractivity (Wildman–Crippen MR) is 86.6 cm³/mol. The first-order chi connectivity index (χ1) is 11.1. The number of aliphatic hydroxyl groups is 1. The molecule has 0 saturated heterocycles. The summed E-state index contributed by atoms with van der Waals surface area (Å²) < 4.78 is 1.55. The molecule has 2 heterocycles. The summed E-state index contributed by atoms with van der Waals surface area (Å²) in [6, 6.07) is 7.08. The van der Waals surface area contributed by atoms with Crippen molar-refractivity contribution in [1.82, 2.24) is 19.9 Å². The molecule has 0 saturated carbocycles. The number of carbonyl (C=O) groups is 1. The van der Waals surface area contributed by atoms with E-state index in [9.17, 15) is 14.7 Å². The summed E-state index contributed by atoms with van der Waals surface area (Å²) in [4.78, 5) is 27.1. The van der Waals surface area contributed by atoms with Gasteiger partial charge in [0.2, 0.25) is 0 Å². The fraction of sp³-hybridized carbons (Fsp3) is 0.312. The van der Waals surface area contributed by atoms with Crippen LogP contribution in [0.15, 0.2) is 35.3 Å². The van der Waals surface area contributed by atoms with E-state index < -0.39 is 6.10 Å². The summed E-state index contributed by atoms with van der Waals surface area (Å²) in [5, 5.41) is 17.0. The third-order valence-electron chi connectivity index (χ3n) is 3.86. The maximum absolute atomic E-state index is 12.3. The van der Waals surface area contributed by atoms with Gasteiger partial charge in [-0.25, -0.2) is 4.52 Å². The normalized spacial score (nSPS) is 12.6. The summed E-state index contributed by atoms with van der Waals surface area (Å²) in [5.41, 5.74) is 1.05. The highest BCUT2D eigenvalue weighted by atomic mass is 16.3. The van der Waals surface area contributed by atoms with Gasteiger partial charge < -0.3 is 15.4 Å². The van der Waals surface area contributed by atoms with Crippen molar-refractivity contribution in [3.8, 4) is 0 Å². The molecule has 0 bridgehead atoms. The molecule has 23 heavy (non-hydrogen) atoms. The average molecular weight is 314 g/mol. The maximum atomic E-state index is 12.3. The minimum atomic E-state index is -0.428. The van der Waals surface area contributed by atoms with E-state index in [1.54, 1.807) is 22.7 Å². The number of hydrogen-bond acceptors (Lipinski definition) is 4. The quantitative estimate of drug-likeness (QED) is 0.656. The van der Waals surface area contributed by atoms with Crippen LogP contribution in [0.5, 0.6) is 0 Å². The lowest BCUT2D eigenvalue weighted by Gasteiger charge is -2.08. The molecule has 3 rings (SSSR count). The molecule has 7 nitrogen and oxygen atoms in total. The van der Waals surface area contributed by atoms with Gasteiger partial charge in [0.05, 0.1) is 23.2 Å².